The lowest BCUT2D eigenvalue weighted by atomic mass is 9.82. The van der Waals surface area contributed by atoms with Crippen LogP contribution in [0.25, 0.3) is 0 Å². The molecular weight excluding hydrogens is 184 g/mol. The first-order valence-corrected chi connectivity index (χ1v) is 3.90. The largest absolute Gasteiger partial charge is 0.413 e. The van der Waals surface area contributed by atoms with E-state index in [0.717, 1.165) is 25.2 Å². The van der Waals surface area contributed by atoms with Gasteiger partial charge in [-0.2, -0.15) is 13.2 Å². The second-order valence-corrected chi connectivity index (χ2v) is 3.35. The summed E-state index contributed by atoms with van der Waals surface area (Å²) in [5, 5.41) is 0. The van der Waals surface area contributed by atoms with Gasteiger partial charge in [0.2, 0.25) is 0 Å². The summed E-state index contributed by atoms with van der Waals surface area (Å²) in [4.78, 5) is 0. The maximum absolute atomic E-state index is 13.4. The van der Waals surface area contributed by atoms with E-state index in [1.54, 1.807) is 0 Å². The summed E-state index contributed by atoms with van der Waals surface area (Å²) >= 11 is 0. The first-order valence-electron chi connectivity index (χ1n) is 3.90. The third-order valence-electron chi connectivity index (χ3n) is 2.34. The normalized spacial score (nSPS) is 34.6. The van der Waals surface area contributed by atoms with Crippen LogP contribution >= 0.6 is 0 Å². The molecule has 0 heterocycles. The highest BCUT2D eigenvalue weighted by molar-refractivity contribution is 5.30. The van der Waals surface area contributed by atoms with Gasteiger partial charge in [0.1, 0.15) is 5.67 Å². The van der Waals surface area contributed by atoms with E-state index in [1.807, 2.05) is 0 Å². The molecule has 0 saturated heterocycles. The molecule has 0 saturated carbocycles. The van der Waals surface area contributed by atoms with Gasteiger partial charge in [-0.05, 0) is 13.0 Å². The van der Waals surface area contributed by atoms with Gasteiger partial charge >= 0.3 is 6.18 Å². The fraction of sp³-hybridized carbons (Fsp3) is 0.556. The van der Waals surface area contributed by atoms with Gasteiger partial charge in [-0.25, -0.2) is 4.39 Å². The standard InChI is InChI=1S/C9H10F4/c1-6-7(9(11,12)13)4-3-5-8(6,2)10/h3-6H,1-2H3. The predicted molar refractivity (Wildman–Crippen MR) is 42.0 cm³/mol. The van der Waals surface area contributed by atoms with Crippen LogP contribution in [0.1, 0.15) is 13.8 Å². The minimum Gasteiger partial charge on any atom is -0.239 e. The molecule has 0 bridgehead atoms. The van der Waals surface area contributed by atoms with Crippen molar-refractivity contribution in [3.8, 4) is 0 Å². The molecule has 1 rings (SSSR count). The van der Waals surface area contributed by atoms with Gasteiger partial charge in [0.15, 0.2) is 0 Å². The Bertz CT molecular complexity index is 257. The molecular formula is C9H10F4. The Labute approximate surface area is 73.9 Å². The molecule has 0 amide bonds. The molecule has 0 aromatic heterocycles. The molecule has 0 aromatic rings. The predicted octanol–water partition coefficient (Wildman–Crippen LogP) is 3.41. The SMILES string of the molecule is CC1C(C(F)(F)F)=CC=CC1(C)F. The molecule has 0 fully saturated rings. The maximum Gasteiger partial charge on any atom is 0.413 e. The van der Waals surface area contributed by atoms with E-state index in [2.05, 4.69) is 0 Å². The quantitative estimate of drug-likeness (QED) is 0.518. The van der Waals surface area contributed by atoms with Crippen molar-refractivity contribution in [2.24, 2.45) is 5.92 Å². The molecule has 13 heavy (non-hydrogen) atoms. The van der Waals surface area contributed by atoms with E-state index in [4.69, 9.17) is 0 Å². The second-order valence-electron chi connectivity index (χ2n) is 3.35. The highest BCUT2D eigenvalue weighted by Crippen LogP contribution is 2.41. The Morgan fingerprint density at radius 2 is 1.92 bits per heavy atom. The van der Waals surface area contributed by atoms with Gasteiger partial charge in [0, 0.05) is 11.5 Å². The van der Waals surface area contributed by atoms with Crippen molar-refractivity contribution in [2.75, 3.05) is 0 Å². The van der Waals surface area contributed by atoms with E-state index in [0.29, 0.717) is 0 Å². The molecule has 1 aliphatic rings. The fourth-order valence-electron chi connectivity index (χ4n) is 1.27. The van der Waals surface area contributed by atoms with Crippen LogP contribution in [0.4, 0.5) is 17.6 Å². The zero-order valence-electron chi connectivity index (χ0n) is 7.32. The number of hydrogen-bond acceptors (Lipinski definition) is 0. The van der Waals surface area contributed by atoms with Crippen molar-refractivity contribution in [3.63, 3.8) is 0 Å². The number of allylic oxidation sites excluding steroid dienone is 4. The van der Waals surface area contributed by atoms with Crippen LogP contribution in [0.2, 0.25) is 0 Å². The molecule has 74 valence electrons. The molecule has 0 aliphatic heterocycles. The lowest BCUT2D eigenvalue weighted by molar-refractivity contribution is -0.104. The number of rotatable bonds is 0. The summed E-state index contributed by atoms with van der Waals surface area (Å²) in [6.07, 6.45) is -1.25. The molecule has 0 spiro atoms. The molecule has 4 heteroatoms. The summed E-state index contributed by atoms with van der Waals surface area (Å²) in [6.45, 7) is 2.38. The summed E-state index contributed by atoms with van der Waals surface area (Å²) < 4.78 is 50.2. The Kier molecular flexibility index (Phi) is 2.26. The molecule has 2 unspecified atom stereocenters. The van der Waals surface area contributed by atoms with Crippen molar-refractivity contribution in [1.82, 2.24) is 0 Å². The van der Waals surface area contributed by atoms with Gasteiger partial charge in [-0.1, -0.05) is 19.1 Å². The lowest BCUT2D eigenvalue weighted by Crippen LogP contribution is -2.34. The molecule has 1 aliphatic carbocycles. The monoisotopic (exact) mass is 194 g/mol. The van der Waals surface area contributed by atoms with Crippen molar-refractivity contribution in [2.45, 2.75) is 25.7 Å². The van der Waals surface area contributed by atoms with Crippen LogP contribution in [0.5, 0.6) is 0 Å². The van der Waals surface area contributed by atoms with Gasteiger partial charge < -0.3 is 0 Å². The molecule has 2 atom stereocenters. The van der Waals surface area contributed by atoms with Crippen molar-refractivity contribution in [1.29, 1.82) is 0 Å². The van der Waals surface area contributed by atoms with E-state index in [1.165, 1.54) is 6.92 Å². The smallest absolute Gasteiger partial charge is 0.239 e. The van der Waals surface area contributed by atoms with Crippen LogP contribution in [0, 0.1) is 5.92 Å². The lowest BCUT2D eigenvalue weighted by Gasteiger charge is -2.30. The third-order valence-corrected chi connectivity index (χ3v) is 2.34. The number of hydrogen-bond donors (Lipinski definition) is 0. The Morgan fingerprint density at radius 1 is 1.38 bits per heavy atom. The summed E-state index contributed by atoms with van der Waals surface area (Å²) in [6, 6.07) is 0. The van der Waals surface area contributed by atoms with E-state index in [9.17, 15) is 17.6 Å². The van der Waals surface area contributed by atoms with Crippen LogP contribution in [0.3, 0.4) is 0 Å². The molecule has 0 nitrogen and oxygen atoms in total. The topological polar surface area (TPSA) is 0 Å². The Hall–Kier alpha value is -0.800. The summed E-state index contributed by atoms with van der Waals surface area (Å²) in [5.74, 6) is -1.14. The minimum absolute atomic E-state index is 0.806. The number of halogens is 4. The average Bonchev–Trinajstić information content (AvgIpc) is 1.92. The first-order chi connectivity index (χ1) is 5.75. The molecule has 0 N–H and O–H groups in total. The van der Waals surface area contributed by atoms with Gasteiger partial charge in [0.25, 0.3) is 0 Å². The minimum atomic E-state index is -4.43. The van der Waals surface area contributed by atoms with Crippen molar-refractivity contribution in [3.05, 3.63) is 23.8 Å². The Morgan fingerprint density at radius 3 is 2.31 bits per heavy atom. The zero-order valence-corrected chi connectivity index (χ0v) is 7.32. The summed E-state index contributed by atoms with van der Waals surface area (Å²) in [7, 11) is 0. The highest BCUT2D eigenvalue weighted by atomic mass is 19.4. The molecule has 0 aromatic carbocycles. The maximum atomic E-state index is 13.4. The molecule has 0 radical (unpaired) electrons. The number of alkyl halides is 4. The fourth-order valence-corrected chi connectivity index (χ4v) is 1.27. The zero-order chi connectivity index (χ0) is 10.3. The van der Waals surface area contributed by atoms with Crippen molar-refractivity contribution < 1.29 is 17.6 Å². The Balaban J connectivity index is 3.02. The third kappa shape index (κ3) is 1.92. The van der Waals surface area contributed by atoms with Crippen LogP contribution in [0.15, 0.2) is 23.8 Å². The van der Waals surface area contributed by atoms with Gasteiger partial charge in [-0.3, -0.25) is 0 Å². The van der Waals surface area contributed by atoms with E-state index < -0.39 is 23.3 Å². The van der Waals surface area contributed by atoms with Crippen molar-refractivity contribution >= 4 is 0 Å². The van der Waals surface area contributed by atoms with E-state index >= 15 is 0 Å². The van der Waals surface area contributed by atoms with Crippen LogP contribution < -0.4 is 0 Å². The first kappa shape index (κ1) is 10.3. The average molecular weight is 194 g/mol. The summed E-state index contributed by atoms with van der Waals surface area (Å²) in [5.41, 5.74) is -2.71. The second kappa shape index (κ2) is 2.86. The highest BCUT2D eigenvalue weighted by Gasteiger charge is 2.44. The van der Waals surface area contributed by atoms with Gasteiger partial charge in [0.05, 0.1) is 0 Å². The van der Waals surface area contributed by atoms with Gasteiger partial charge in [-0.15, -0.1) is 0 Å². The van der Waals surface area contributed by atoms with E-state index in [-0.39, 0.29) is 0 Å². The van der Waals surface area contributed by atoms with Crippen LogP contribution in [-0.2, 0) is 0 Å². The van der Waals surface area contributed by atoms with Crippen LogP contribution in [-0.4, -0.2) is 11.8 Å².